The van der Waals surface area contributed by atoms with Crippen LogP contribution < -0.4 is 19.3 Å². The molecule has 0 amide bonds. The van der Waals surface area contributed by atoms with E-state index < -0.39 is 10.8 Å². The molecule has 0 aromatic rings. The first-order valence-corrected chi connectivity index (χ1v) is 6.52. The minimum absolute atomic E-state index is 1.16. The third-order valence-electron chi connectivity index (χ3n) is 1.42. The lowest BCUT2D eigenvalue weighted by Gasteiger charge is -2.35. The van der Waals surface area contributed by atoms with E-state index >= 15 is 0 Å². The number of nitrogens with one attached hydrogen (secondary N) is 4. The van der Waals surface area contributed by atoms with E-state index in [-0.39, 0.29) is 0 Å². The first kappa shape index (κ1) is 15.1. The van der Waals surface area contributed by atoms with E-state index in [2.05, 4.69) is 27.3 Å². The fourth-order valence-electron chi connectivity index (χ4n) is 0.726. The molecular formula is C11H19N5S. The molecule has 5 nitrogen and oxygen atoms in total. The van der Waals surface area contributed by atoms with Gasteiger partial charge in [0, 0.05) is 35.6 Å². The van der Waals surface area contributed by atoms with Gasteiger partial charge in [-0.1, -0.05) is 25.3 Å². The van der Waals surface area contributed by atoms with Gasteiger partial charge in [0.1, 0.15) is 0 Å². The molecule has 0 radical (unpaired) electrons. The van der Waals surface area contributed by atoms with Gasteiger partial charge in [-0.25, -0.2) is 5.14 Å². The molecule has 0 spiro atoms. The van der Waals surface area contributed by atoms with E-state index in [0.29, 0.717) is 0 Å². The van der Waals surface area contributed by atoms with E-state index in [1.165, 1.54) is 6.08 Å². The standard InChI is InChI=1S/C11H19N5S/c1-3-5-9-14-17(13,15-10-6-4-2)16-11-7-8-12/h3-12,14-16H,1-2,13H2/b9-5-,10-6-,11-7-,12-8?. The van der Waals surface area contributed by atoms with Crippen LogP contribution in [-0.4, -0.2) is 6.21 Å². The number of allylic oxidation sites excluding steroid dienone is 5. The smallest absolute Gasteiger partial charge is 0.0466 e. The zero-order chi connectivity index (χ0) is 13.0. The van der Waals surface area contributed by atoms with Crippen molar-refractivity contribution in [3.05, 3.63) is 62.1 Å². The molecule has 6 heteroatoms. The SMILES string of the molecule is C=C/C=C\NS(N)(N/C=C\C=C)N/C=C\C=N. The summed E-state index contributed by atoms with van der Waals surface area (Å²) in [6.45, 7) is 7.12. The summed E-state index contributed by atoms with van der Waals surface area (Å²) in [5, 5.41) is 12.9. The molecule has 0 fully saturated rings. The number of hydrogen-bond acceptors (Lipinski definition) is 5. The fraction of sp³-hybridized carbons (Fsp3) is 0. The third kappa shape index (κ3) is 7.95. The van der Waals surface area contributed by atoms with Gasteiger partial charge in [0.15, 0.2) is 0 Å². The summed E-state index contributed by atoms with van der Waals surface area (Å²) < 4.78 is 8.93. The summed E-state index contributed by atoms with van der Waals surface area (Å²) in [5.41, 5.74) is 0. The van der Waals surface area contributed by atoms with Gasteiger partial charge in [0.2, 0.25) is 0 Å². The maximum absolute atomic E-state index is 6.87. The fourth-order valence-corrected chi connectivity index (χ4v) is 1.81. The van der Waals surface area contributed by atoms with Crippen molar-refractivity contribution in [1.82, 2.24) is 14.2 Å². The van der Waals surface area contributed by atoms with E-state index in [1.54, 1.807) is 42.9 Å². The highest BCUT2D eigenvalue weighted by Gasteiger charge is 2.10. The molecule has 94 valence electrons. The molecule has 0 aromatic heterocycles. The molecule has 6 N–H and O–H groups in total. The lowest BCUT2D eigenvalue weighted by atomic mass is 10.6. The van der Waals surface area contributed by atoms with E-state index in [4.69, 9.17) is 10.5 Å². The maximum atomic E-state index is 6.87. The Morgan fingerprint density at radius 2 is 1.29 bits per heavy atom. The van der Waals surface area contributed by atoms with Gasteiger partial charge in [-0.15, -0.1) is 0 Å². The van der Waals surface area contributed by atoms with Crippen molar-refractivity contribution in [2.24, 2.45) is 5.14 Å². The number of rotatable bonds is 9. The predicted octanol–water partition coefficient (Wildman–Crippen LogP) is 1.74. The molecular weight excluding hydrogens is 234 g/mol. The zero-order valence-electron chi connectivity index (χ0n) is 9.60. The first-order valence-electron chi connectivity index (χ1n) is 4.82. The zero-order valence-corrected chi connectivity index (χ0v) is 10.4. The molecule has 0 rings (SSSR count). The molecule has 0 aliphatic carbocycles. The van der Waals surface area contributed by atoms with E-state index in [0.717, 1.165) is 6.21 Å². The van der Waals surface area contributed by atoms with Crippen LogP contribution in [0.25, 0.3) is 0 Å². The van der Waals surface area contributed by atoms with Gasteiger partial charge in [0.05, 0.1) is 0 Å². The first-order chi connectivity index (χ1) is 8.18. The molecule has 0 atom stereocenters. The van der Waals surface area contributed by atoms with Crippen LogP contribution in [0.15, 0.2) is 62.1 Å². The van der Waals surface area contributed by atoms with Crippen molar-refractivity contribution in [3.8, 4) is 0 Å². The summed E-state index contributed by atoms with van der Waals surface area (Å²) in [6, 6.07) is 0. The highest BCUT2D eigenvalue weighted by atomic mass is 32.3. The molecule has 0 saturated heterocycles. The lowest BCUT2D eigenvalue weighted by Crippen LogP contribution is -2.41. The van der Waals surface area contributed by atoms with Crippen molar-refractivity contribution in [2.45, 2.75) is 0 Å². The van der Waals surface area contributed by atoms with Crippen LogP contribution >= 0.6 is 10.8 Å². The van der Waals surface area contributed by atoms with Crippen LogP contribution in [-0.2, 0) is 0 Å². The summed E-state index contributed by atoms with van der Waals surface area (Å²) >= 11 is 0. The van der Waals surface area contributed by atoms with E-state index in [1.807, 2.05) is 0 Å². The van der Waals surface area contributed by atoms with Crippen molar-refractivity contribution in [3.63, 3.8) is 0 Å². The van der Waals surface area contributed by atoms with Crippen molar-refractivity contribution in [1.29, 1.82) is 5.41 Å². The van der Waals surface area contributed by atoms with Gasteiger partial charge < -0.3 is 19.6 Å². The van der Waals surface area contributed by atoms with Gasteiger partial charge in [-0.2, -0.15) is 0 Å². The van der Waals surface area contributed by atoms with Gasteiger partial charge in [-0.3, -0.25) is 0 Å². The molecule has 0 saturated carbocycles. The average molecular weight is 253 g/mol. The Hall–Kier alpha value is -1.92. The Kier molecular flexibility index (Phi) is 8.26. The molecule has 0 aliphatic heterocycles. The predicted molar refractivity (Wildman–Crippen MR) is 77.8 cm³/mol. The van der Waals surface area contributed by atoms with Gasteiger partial charge in [-0.05, 0) is 18.2 Å². The largest absolute Gasteiger partial charge is 0.312 e. The topological polar surface area (TPSA) is 86.0 Å². The molecule has 0 unspecified atom stereocenters. The minimum Gasteiger partial charge on any atom is -0.312 e. The van der Waals surface area contributed by atoms with Gasteiger partial charge >= 0.3 is 0 Å². The maximum Gasteiger partial charge on any atom is 0.0466 e. The van der Waals surface area contributed by atoms with Crippen LogP contribution in [0.2, 0.25) is 0 Å². The highest BCUT2D eigenvalue weighted by Crippen LogP contribution is 2.23. The third-order valence-corrected chi connectivity index (χ3v) is 2.94. The summed E-state index contributed by atoms with van der Waals surface area (Å²) in [6.07, 6.45) is 14.4. The second kappa shape index (κ2) is 9.32. The van der Waals surface area contributed by atoms with Crippen LogP contribution in [0.4, 0.5) is 0 Å². The monoisotopic (exact) mass is 253 g/mol. The van der Waals surface area contributed by atoms with Crippen LogP contribution in [0.5, 0.6) is 0 Å². The van der Waals surface area contributed by atoms with Crippen molar-refractivity contribution >= 4 is 17.0 Å². The van der Waals surface area contributed by atoms with Crippen LogP contribution in [0, 0.1) is 5.41 Å². The molecule has 17 heavy (non-hydrogen) atoms. The number of nitrogens with two attached hydrogens (primary N) is 1. The molecule has 0 aliphatic rings. The number of hydrogen-bond donors (Lipinski definition) is 5. The molecule has 0 heterocycles. The highest BCUT2D eigenvalue weighted by molar-refractivity contribution is 8.27. The average Bonchev–Trinajstić information content (AvgIpc) is 2.30. The minimum atomic E-state index is -1.97. The van der Waals surface area contributed by atoms with Gasteiger partial charge in [0.25, 0.3) is 0 Å². The van der Waals surface area contributed by atoms with Crippen molar-refractivity contribution in [2.75, 3.05) is 0 Å². The Morgan fingerprint density at radius 3 is 1.65 bits per heavy atom. The Labute approximate surface area is 104 Å². The Bertz CT molecular complexity index is 282. The van der Waals surface area contributed by atoms with Crippen molar-refractivity contribution < 1.29 is 0 Å². The Balaban J connectivity index is 4.52. The summed E-state index contributed by atoms with van der Waals surface area (Å²) in [4.78, 5) is 0. The quantitative estimate of drug-likeness (QED) is 0.320. The summed E-state index contributed by atoms with van der Waals surface area (Å²) in [5.74, 6) is 0. The summed E-state index contributed by atoms with van der Waals surface area (Å²) in [7, 11) is -1.97. The second-order valence-electron chi connectivity index (χ2n) is 2.73. The molecule has 0 aromatic carbocycles. The van der Waals surface area contributed by atoms with E-state index in [9.17, 15) is 0 Å². The second-order valence-corrected chi connectivity index (χ2v) is 4.76. The lowest BCUT2D eigenvalue weighted by molar-refractivity contribution is 1.16. The molecule has 0 bridgehead atoms. The Morgan fingerprint density at radius 1 is 0.882 bits per heavy atom. The van der Waals surface area contributed by atoms with Crippen LogP contribution in [0.1, 0.15) is 0 Å². The van der Waals surface area contributed by atoms with Crippen LogP contribution in [0.3, 0.4) is 0 Å². The normalized spacial score (nSPS) is 12.8.